The Morgan fingerprint density at radius 2 is 2.12 bits per heavy atom. The molecule has 1 saturated carbocycles. The van der Waals surface area contributed by atoms with Gasteiger partial charge in [-0.1, -0.05) is 6.42 Å². The zero-order valence-corrected chi connectivity index (χ0v) is 14.2. The van der Waals surface area contributed by atoms with Crippen LogP contribution in [0.5, 0.6) is 0 Å². The van der Waals surface area contributed by atoms with Crippen molar-refractivity contribution in [3.63, 3.8) is 0 Å². The molecule has 2 fully saturated rings. The van der Waals surface area contributed by atoms with E-state index in [1.165, 1.54) is 17.0 Å². The maximum absolute atomic E-state index is 14.4. The molecular formula is C17H21FN4O4. The number of anilines is 2. The van der Waals surface area contributed by atoms with Crippen molar-refractivity contribution in [1.82, 2.24) is 5.32 Å². The van der Waals surface area contributed by atoms with Crippen molar-refractivity contribution >= 4 is 29.1 Å². The molecule has 0 spiro atoms. The summed E-state index contributed by atoms with van der Waals surface area (Å²) in [6, 6.07) is 2.89. The van der Waals surface area contributed by atoms with Crippen LogP contribution in [0.4, 0.5) is 15.8 Å². The summed E-state index contributed by atoms with van der Waals surface area (Å²) < 4.78 is 19.4. The molecule has 2 aliphatic rings. The number of nitrogens with zero attached hydrogens (tertiary/aromatic N) is 1. The molecule has 0 aromatic heterocycles. The summed E-state index contributed by atoms with van der Waals surface area (Å²) >= 11 is 0. The number of primary amides is 1. The number of carbonyl (C=O) groups is 3. The fourth-order valence-corrected chi connectivity index (χ4v) is 2.87. The molecule has 0 unspecified atom stereocenters. The third-order valence-electron chi connectivity index (χ3n) is 4.56. The van der Waals surface area contributed by atoms with Crippen LogP contribution in [0.1, 0.15) is 19.3 Å². The van der Waals surface area contributed by atoms with Crippen molar-refractivity contribution in [1.29, 1.82) is 0 Å². The number of hydrogen-bond donors (Lipinski definition) is 3. The first kappa shape index (κ1) is 18.3. The lowest BCUT2D eigenvalue weighted by Crippen LogP contribution is -2.54. The van der Waals surface area contributed by atoms with Gasteiger partial charge in [0.2, 0.25) is 5.91 Å². The van der Waals surface area contributed by atoms with E-state index in [9.17, 15) is 18.8 Å². The average Bonchev–Trinajstić information content (AvgIpc) is 2.55. The smallest absolute Gasteiger partial charge is 0.253 e. The van der Waals surface area contributed by atoms with Crippen LogP contribution in [-0.2, 0) is 19.1 Å². The first-order valence-electron chi connectivity index (χ1n) is 8.49. The van der Waals surface area contributed by atoms with Gasteiger partial charge in [0.15, 0.2) is 6.04 Å². The number of ether oxygens (including phenoxy) is 1. The average molecular weight is 364 g/mol. The minimum absolute atomic E-state index is 0.0484. The summed E-state index contributed by atoms with van der Waals surface area (Å²) in [5.74, 6) is -2.49. The lowest BCUT2D eigenvalue weighted by Gasteiger charge is -2.29. The number of nitrogens with one attached hydrogen (secondary N) is 2. The van der Waals surface area contributed by atoms with E-state index in [4.69, 9.17) is 10.5 Å². The van der Waals surface area contributed by atoms with Gasteiger partial charge in [0.1, 0.15) is 12.4 Å². The van der Waals surface area contributed by atoms with E-state index in [0.717, 1.165) is 25.3 Å². The number of benzene rings is 1. The second kappa shape index (κ2) is 7.79. The van der Waals surface area contributed by atoms with Crippen molar-refractivity contribution in [2.45, 2.75) is 31.3 Å². The van der Waals surface area contributed by atoms with Crippen molar-refractivity contribution in [2.24, 2.45) is 5.73 Å². The van der Waals surface area contributed by atoms with Gasteiger partial charge in [0, 0.05) is 18.3 Å². The van der Waals surface area contributed by atoms with E-state index in [1.807, 2.05) is 0 Å². The van der Waals surface area contributed by atoms with Crippen LogP contribution in [0.15, 0.2) is 18.2 Å². The Balaban J connectivity index is 1.69. The molecule has 4 N–H and O–H groups in total. The molecule has 140 valence electrons. The molecule has 1 aliphatic carbocycles. The van der Waals surface area contributed by atoms with E-state index in [0.29, 0.717) is 18.8 Å². The van der Waals surface area contributed by atoms with Crippen LogP contribution in [-0.4, -0.2) is 49.6 Å². The molecule has 3 amide bonds. The second-order valence-electron chi connectivity index (χ2n) is 6.38. The van der Waals surface area contributed by atoms with Crippen molar-refractivity contribution in [2.75, 3.05) is 30.0 Å². The van der Waals surface area contributed by atoms with E-state index in [1.54, 1.807) is 0 Å². The van der Waals surface area contributed by atoms with Crippen LogP contribution in [0.2, 0.25) is 0 Å². The highest BCUT2D eigenvalue weighted by Crippen LogP contribution is 2.24. The molecule has 1 saturated heterocycles. The zero-order valence-electron chi connectivity index (χ0n) is 14.2. The molecule has 0 bridgehead atoms. The van der Waals surface area contributed by atoms with Crippen LogP contribution >= 0.6 is 0 Å². The third kappa shape index (κ3) is 4.00. The molecule has 0 radical (unpaired) electrons. The fraction of sp³-hybridized carbons (Fsp3) is 0.471. The van der Waals surface area contributed by atoms with E-state index < -0.39 is 23.7 Å². The normalized spacial score (nSPS) is 19.0. The van der Waals surface area contributed by atoms with Crippen LogP contribution < -0.4 is 21.3 Å². The van der Waals surface area contributed by atoms with Gasteiger partial charge >= 0.3 is 0 Å². The molecule has 1 atom stereocenters. The van der Waals surface area contributed by atoms with E-state index >= 15 is 0 Å². The Bertz CT molecular complexity index is 723. The highest BCUT2D eigenvalue weighted by Gasteiger charge is 2.30. The van der Waals surface area contributed by atoms with Gasteiger partial charge in [-0.3, -0.25) is 19.7 Å². The maximum atomic E-state index is 14.4. The van der Waals surface area contributed by atoms with Crippen molar-refractivity contribution < 1.29 is 23.5 Å². The summed E-state index contributed by atoms with van der Waals surface area (Å²) in [5.41, 5.74) is 5.58. The van der Waals surface area contributed by atoms with Gasteiger partial charge in [-0.2, -0.15) is 0 Å². The summed E-state index contributed by atoms with van der Waals surface area (Å²) in [6.07, 6.45) is 2.77. The van der Waals surface area contributed by atoms with E-state index in [2.05, 4.69) is 10.6 Å². The minimum Gasteiger partial charge on any atom is -0.370 e. The lowest BCUT2D eigenvalue weighted by atomic mass is 9.92. The Kier molecular flexibility index (Phi) is 5.48. The Morgan fingerprint density at radius 3 is 2.69 bits per heavy atom. The number of rotatable bonds is 6. The van der Waals surface area contributed by atoms with Crippen LogP contribution in [0, 0.1) is 5.82 Å². The van der Waals surface area contributed by atoms with Gasteiger partial charge in [0.05, 0.1) is 12.3 Å². The number of nitrogens with two attached hydrogens (primary N) is 1. The molecule has 8 nitrogen and oxygen atoms in total. The first-order chi connectivity index (χ1) is 12.5. The predicted octanol–water partition coefficient (Wildman–Crippen LogP) is 0.123. The number of carbonyl (C=O) groups excluding carboxylic acids is 3. The monoisotopic (exact) mass is 364 g/mol. The number of halogens is 1. The predicted molar refractivity (Wildman–Crippen MR) is 92.0 cm³/mol. The topological polar surface area (TPSA) is 114 Å². The second-order valence-corrected chi connectivity index (χ2v) is 6.38. The van der Waals surface area contributed by atoms with Crippen LogP contribution in [0.25, 0.3) is 0 Å². The van der Waals surface area contributed by atoms with Gasteiger partial charge in [-0.25, -0.2) is 4.39 Å². The zero-order chi connectivity index (χ0) is 18.7. The quantitative estimate of drug-likeness (QED) is 0.621. The molecule has 1 aliphatic heterocycles. The van der Waals surface area contributed by atoms with Gasteiger partial charge in [-0.15, -0.1) is 0 Å². The molecular weight excluding hydrogens is 343 g/mol. The van der Waals surface area contributed by atoms with E-state index in [-0.39, 0.29) is 24.2 Å². The number of amides is 3. The minimum atomic E-state index is -1.22. The summed E-state index contributed by atoms with van der Waals surface area (Å²) in [7, 11) is 0. The number of hydrogen-bond acceptors (Lipinski definition) is 5. The molecule has 9 heteroatoms. The highest BCUT2D eigenvalue weighted by molar-refractivity contribution is 6.09. The Morgan fingerprint density at radius 1 is 1.35 bits per heavy atom. The summed E-state index contributed by atoms with van der Waals surface area (Å²) in [4.78, 5) is 37.1. The molecule has 1 aromatic rings. The molecule has 3 rings (SSSR count). The molecule has 1 aromatic carbocycles. The SMILES string of the molecule is NC(=O)[C@@H](NC1CCC1)C(=O)Nc1ccc(N2CCOCC2=O)cc1F. The third-order valence-corrected chi connectivity index (χ3v) is 4.56. The fourth-order valence-electron chi connectivity index (χ4n) is 2.87. The highest BCUT2D eigenvalue weighted by atomic mass is 19.1. The van der Waals surface area contributed by atoms with Crippen molar-refractivity contribution in [3.05, 3.63) is 24.0 Å². The molecule has 26 heavy (non-hydrogen) atoms. The molecule has 1 heterocycles. The standard InChI is InChI=1S/C17H21FN4O4/c18-12-8-11(22-6-7-26-9-14(22)23)4-5-13(12)21-17(25)15(16(19)24)20-10-2-1-3-10/h4-5,8,10,15,20H,1-3,6-7,9H2,(H2,19,24)(H,21,25)/t15-/m1/s1. The number of morpholine rings is 1. The van der Waals surface area contributed by atoms with Gasteiger partial charge in [-0.05, 0) is 31.0 Å². The maximum Gasteiger partial charge on any atom is 0.253 e. The largest absolute Gasteiger partial charge is 0.370 e. The van der Waals surface area contributed by atoms with Crippen molar-refractivity contribution in [3.8, 4) is 0 Å². The van der Waals surface area contributed by atoms with Crippen LogP contribution in [0.3, 0.4) is 0 Å². The first-order valence-corrected chi connectivity index (χ1v) is 8.49. The Hall–Kier alpha value is -2.52. The Labute approximate surface area is 149 Å². The lowest BCUT2D eigenvalue weighted by molar-refractivity contribution is -0.128. The van der Waals surface area contributed by atoms with Gasteiger partial charge < -0.3 is 20.7 Å². The van der Waals surface area contributed by atoms with Gasteiger partial charge in [0.25, 0.3) is 11.8 Å². The summed E-state index contributed by atoms with van der Waals surface area (Å²) in [6.45, 7) is 0.658. The summed E-state index contributed by atoms with van der Waals surface area (Å²) in [5, 5.41) is 5.27.